The first-order valence-electron chi connectivity index (χ1n) is 8.36. The van der Waals surface area contributed by atoms with E-state index in [2.05, 4.69) is 20.5 Å². The third-order valence-corrected chi connectivity index (χ3v) is 4.43. The van der Waals surface area contributed by atoms with Gasteiger partial charge in [0.15, 0.2) is 5.78 Å². The van der Waals surface area contributed by atoms with Crippen LogP contribution in [0.1, 0.15) is 25.0 Å². The SMILES string of the molecule is O=C1CCC(NC(=O)Cc2cc(N3CCNCC3)ccn2)C(=O)C1. The summed E-state index contributed by atoms with van der Waals surface area (Å²) in [6.45, 7) is 3.75. The van der Waals surface area contributed by atoms with Crippen molar-refractivity contribution in [1.29, 1.82) is 0 Å². The number of carbonyl (C=O) groups is 3. The van der Waals surface area contributed by atoms with E-state index in [0.717, 1.165) is 31.9 Å². The number of piperazine rings is 1. The predicted octanol–water partition coefficient (Wildman–Crippen LogP) is -0.159. The van der Waals surface area contributed by atoms with E-state index in [-0.39, 0.29) is 30.3 Å². The van der Waals surface area contributed by atoms with Crippen LogP contribution in [0.5, 0.6) is 0 Å². The summed E-state index contributed by atoms with van der Waals surface area (Å²) in [6.07, 6.45) is 2.54. The van der Waals surface area contributed by atoms with E-state index in [1.165, 1.54) is 0 Å². The van der Waals surface area contributed by atoms with E-state index in [1.54, 1.807) is 6.20 Å². The van der Waals surface area contributed by atoms with Crippen molar-refractivity contribution < 1.29 is 14.4 Å². The molecule has 1 atom stereocenters. The summed E-state index contributed by atoms with van der Waals surface area (Å²) in [5.41, 5.74) is 1.75. The summed E-state index contributed by atoms with van der Waals surface area (Å²) in [4.78, 5) is 41.7. The summed E-state index contributed by atoms with van der Waals surface area (Å²) >= 11 is 0. The number of rotatable bonds is 4. The van der Waals surface area contributed by atoms with Crippen LogP contribution in [0.25, 0.3) is 0 Å². The molecule has 2 heterocycles. The second-order valence-electron chi connectivity index (χ2n) is 6.26. The van der Waals surface area contributed by atoms with Crippen molar-refractivity contribution in [3.63, 3.8) is 0 Å². The molecule has 2 aliphatic rings. The number of hydrogen-bond acceptors (Lipinski definition) is 6. The molecule has 7 heteroatoms. The lowest BCUT2D eigenvalue weighted by Gasteiger charge is -2.29. The monoisotopic (exact) mass is 330 g/mol. The van der Waals surface area contributed by atoms with E-state index >= 15 is 0 Å². The van der Waals surface area contributed by atoms with E-state index in [1.807, 2.05) is 12.1 Å². The Morgan fingerprint density at radius 1 is 1.33 bits per heavy atom. The highest BCUT2D eigenvalue weighted by Crippen LogP contribution is 2.16. The fourth-order valence-electron chi connectivity index (χ4n) is 3.12. The number of nitrogens with zero attached hydrogens (tertiary/aromatic N) is 2. The topological polar surface area (TPSA) is 91.4 Å². The minimum atomic E-state index is -0.536. The average molecular weight is 330 g/mol. The molecule has 1 saturated heterocycles. The zero-order chi connectivity index (χ0) is 16.9. The Balaban J connectivity index is 1.58. The van der Waals surface area contributed by atoms with Gasteiger partial charge in [-0.15, -0.1) is 0 Å². The fraction of sp³-hybridized carbons (Fsp3) is 0.529. The Labute approximate surface area is 140 Å². The maximum absolute atomic E-state index is 12.2. The van der Waals surface area contributed by atoms with Crippen molar-refractivity contribution in [3.8, 4) is 0 Å². The number of pyridine rings is 1. The molecule has 2 N–H and O–H groups in total. The molecular formula is C17H22N4O3. The maximum Gasteiger partial charge on any atom is 0.226 e. The second-order valence-corrected chi connectivity index (χ2v) is 6.26. The zero-order valence-electron chi connectivity index (χ0n) is 13.6. The second kappa shape index (κ2) is 7.53. The van der Waals surface area contributed by atoms with Gasteiger partial charge in [-0.1, -0.05) is 0 Å². The van der Waals surface area contributed by atoms with E-state index < -0.39 is 6.04 Å². The highest BCUT2D eigenvalue weighted by atomic mass is 16.2. The van der Waals surface area contributed by atoms with Crippen molar-refractivity contribution >= 4 is 23.2 Å². The average Bonchev–Trinajstić information content (AvgIpc) is 2.58. The van der Waals surface area contributed by atoms with Crippen LogP contribution in [-0.2, 0) is 20.8 Å². The molecule has 0 bridgehead atoms. The van der Waals surface area contributed by atoms with Crippen LogP contribution in [0.4, 0.5) is 5.69 Å². The van der Waals surface area contributed by atoms with Crippen molar-refractivity contribution in [1.82, 2.24) is 15.6 Å². The highest BCUT2D eigenvalue weighted by molar-refractivity contribution is 6.05. The molecule has 1 aromatic heterocycles. The molecular weight excluding hydrogens is 308 g/mol. The molecule has 1 amide bonds. The molecule has 3 rings (SSSR count). The van der Waals surface area contributed by atoms with E-state index in [9.17, 15) is 14.4 Å². The molecule has 1 saturated carbocycles. The molecule has 1 aliphatic heterocycles. The lowest BCUT2D eigenvalue weighted by molar-refractivity contribution is -0.134. The number of carbonyl (C=O) groups excluding carboxylic acids is 3. The van der Waals surface area contributed by atoms with Gasteiger partial charge in [-0.05, 0) is 18.6 Å². The van der Waals surface area contributed by atoms with Gasteiger partial charge in [0.1, 0.15) is 5.78 Å². The molecule has 128 valence electrons. The van der Waals surface area contributed by atoms with Crippen LogP contribution in [0.3, 0.4) is 0 Å². The Bertz CT molecular complexity index is 640. The largest absolute Gasteiger partial charge is 0.369 e. The van der Waals surface area contributed by atoms with Crippen molar-refractivity contribution in [3.05, 3.63) is 24.0 Å². The number of amides is 1. The lowest BCUT2D eigenvalue weighted by atomic mass is 9.93. The highest BCUT2D eigenvalue weighted by Gasteiger charge is 2.28. The van der Waals surface area contributed by atoms with Gasteiger partial charge in [-0.25, -0.2) is 0 Å². The maximum atomic E-state index is 12.2. The van der Waals surface area contributed by atoms with Crippen LogP contribution in [0.2, 0.25) is 0 Å². The number of nitrogens with one attached hydrogen (secondary N) is 2. The normalized spacial score (nSPS) is 21.7. The molecule has 0 radical (unpaired) electrons. The summed E-state index contributed by atoms with van der Waals surface area (Å²) in [7, 11) is 0. The molecule has 1 aliphatic carbocycles. The lowest BCUT2D eigenvalue weighted by Crippen LogP contribution is -2.45. The van der Waals surface area contributed by atoms with Gasteiger partial charge in [0.25, 0.3) is 0 Å². The van der Waals surface area contributed by atoms with Crippen LogP contribution >= 0.6 is 0 Å². The minimum Gasteiger partial charge on any atom is -0.369 e. The van der Waals surface area contributed by atoms with Gasteiger partial charge in [0, 0.05) is 44.5 Å². The minimum absolute atomic E-state index is 0.0455. The van der Waals surface area contributed by atoms with Crippen molar-refractivity contribution in [2.45, 2.75) is 31.7 Å². The standard InChI is InChI=1S/C17H22N4O3/c22-14-1-2-15(16(23)11-14)20-17(24)10-12-9-13(3-4-19-12)21-7-5-18-6-8-21/h3-4,9,15,18H,1-2,5-8,10-11H2,(H,20,24). The molecule has 0 aromatic carbocycles. The van der Waals surface area contributed by atoms with Gasteiger partial charge >= 0.3 is 0 Å². The molecule has 2 fully saturated rings. The van der Waals surface area contributed by atoms with Crippen LogP contribution in [-0.4, -0.2) is 54.7 Å². The smallest absolute Gasteiger partial charge is 0.226 e. The first-order valence-corrected chi connectivity index (χ1v) is 8.36. The Morgan fingerprint density at radius 2 is 2.12 bits per heavy atom. The molecule has 7 nitrogen and oxygen atoms in total. The third kappa shape index (κ3) is 4.17. The zero-order valence-corrected chi connectivity index (χ0v) is 13.6. The van der Waals surface area contributed by atoms with Gasteiger partial charge in [0.2, 0.25) is 5.91 Å². The molecule has 24 heavy (non-hydrogen) atoms. The summed E-state index contributed by atoms with van der Waals surface area (Å²) in [6, 6.07) is 3.34. The Kier molecular flexibility index (Phi) is 5.20. The van der Waals surface area contributed by atoms with Gasteiger partial charge in [-0.3, -0.25) is 19.4 Å². The Hall–Kier alpha value is -2.28. The summed E-state index contributed by atoms with van der Waals surface area (Å²) in [5.74, 6) is -0.467. The van der Waals surface area contributed by atoms with Gasteiger partial charge in [0.05, 0.1) is 24.6 Å². The first kappa shape index (κ1) is 16.6. The number of Topliss-reactive ketones (excluding diaryl/α,β-unsaturated/α-hetero) is 2. The van der Waals surface area contributed by atoms with Crippen LogP contribution in [0, 0.1) is 0 Å². The first-order chi connectivity index (χ1) is 11.6. The van der Waals surface area contributed by atoms with E-state index in [4.69, 9.17) is 0 Å². The Morgan fingerprint density at radius 3 is 2.88 bits per heavy atom. The molecule has 1 unspecified atom stereocenters. The van der Waals surface area contributed by atoms with Crippen molar-refractivity contribution in [2.24, 2.45) is 0 Å². The number of hydrogen-bond donors (Lipinski definition) is 2. The van der Waals surface area contributed by atoms with Crippen LogP contribution < -0.4 is 15.5 Å². The number of aromatic nitrogens is 1. The quantitative estimate of drug-likeness (QED) is 0.746. The predicted molar refractivity (Wildman–Crippen MR) is 88.8 cm³/mol. The summed E-state index contributed by atoms with van der Waals surface area (Å²) < 4.78 is 0. The third-order valence-electron chi connectivity index (χ3n) is 4.43. The molecule has 1 aromatic rings. The van der Waals surface area contributed by atoms with Gasteiger partial charge < -0.3 is 15.5 Å². The fourth-order valence-corrected chi connectivity index (χ4v) is 3.12. The number of anilines is 1. The molecule has 0 spiro atoms. The van der Waals surface area contributed by atoms with Crippen LogP contribution in [0.15, 0.2) is 18.3 Å². The summed E-state index contributed by atoms with van der Waals surface area (Å²) in [5, 5.41) is 6.04. The van der Waals surface area contributed by atoms with Crippen molar-refractivity contribution in [2.75, 3.05) is 31.1 Å². The number of ketones is 2. The van der Waals surface area contributed by atoms with Gasteiger partial charge in [-0.2, -0.15) is 0 Å². The van der Waals surface area contributed by atoms with E-state index in [0.29, 0.717) is 18.5 Å².